The Morgan fingerprint density at radius 2 is 2.25 bits per heavy atom. The summed E-state index contributed by atoms with van der Waals surface area (Å²) in [5.41, 5.74) is 2.72. The highest BCUT2D eigenvalue weighted by Gasteiger charge is 2.12. The van der Waals surface area contributed by atoms with Crippen LogP contribution in [0.3, 0.4) is 0 Å². The van der Waals surface area contributed by atoms with Gasteiger partial charge >= 0.3 is 0 Å². The van der Waals surface area contributed by atoms with Gasteiger partial charge in [0.05, 0.1) is 0 Å². The lowest BCUT2D eigenvalue weighted by atomic mass is 9.97. The van der Waals surface area contributed by atoms with Gasteiger partial charge in [-0.15, -0.1) is 6.58 Å². The maximum absolute atomic E-state index is 3.76. The molecule has 2 heteroatoms. The molecule has 0 spiro atoms. The van der Waals surface area contributed by atoms with Gasteiger partial charge in [0, 0.05) is 10.5 Å². The Hall–Kier alpha value is -0.600. The molecule has 1 rings (SSSR count). The summed E-state index contributed by atoms with van der Waals surface area (Å²) in [6.07, 6.45) is 5.41. The lowest BCUT2D eigenvalue weighted by molar-refractivity contribution is 0.527. The molecule has 1 unspecified atom stereocenters. The molecule has 16 heavy (non-hydrogen) atoms. The first-order valence-corrected chi connectivity index (χ1v) is 6.53. The highest BCUT2D eigenvalue weighted by atomic mass is 79.9. The predicted octanol–water partition coefficient (Wildman–Crippen LogP) is 4.37. The van der Waals surface area contributed by atoms with Crippen molar-refractivity contribution in [3.05, 3.63) is 46.5 Å². The van der Waals surface area contributed by atoms with Gasteiger partial charge in [-0.2, -0.15) is 0 Å². The van der Waals surface area contributed by atoms with Crippen molar-refractivity contribution in [2.45, 2.75) is 32.2 Å². The lowest BCUT2D eigenvalue weighted by Gasteiger charge is -2.19. The molecule has 0 aliphatic carbocycles. The maximum atomic E-state index is 3.76. The molecule has 1 nitrogen and oxygen atoms in total. The number of unbranched alkanes of at least 4 members (excludes halogenated alkanes) is 1. The Kier molecular flexibility index (Phi) is 5.78. The fourth-order valence-corrected chi connectivity index (χ4v) is 2.30. The van der Waals surface area contributed by atoms with Gasteiger partial charge in [-0.25, -0.2) is 0 Å². The minimum Gasteiger partial charge on any atom is -0.313 e. The number of allylic oxidation sites excluding steroid dienone is 1. The monoisotopic (exact) mass is 281 g/mol. The molecule has 0 saturated carbocycles. The molecule has 0 aliphatic rings. The zero-order chi connectivity index (χ0) is 12.0. The topological polar surface area (TPSA) is 12.0 Å². The minimum atomic E-state index is 0.442. The molecule has 0 fully saturated rings. The highest BCUT2D eigenvalue weighted by Crippen LogP contribution is 2.27. The average Bonchev–Trinajstić information content (AvgIpc) is 2.29. The quantitative estimate of drug-likeness (QED) is 0.603. The first-order valence-electron chi connectivity index (χ1n) is 5.74. The second-order valence-electron chi connectivity index (χ2n) is 4.01. The van der Waals surface area contributed by atoms with Crippen molar-refractivity contribution in [1.82, 2.24) is 5.32 Å². The Morgan fingerprint density at radius 3 is 2.88 bits per heavy atom. The van der Waals surface area contributed by atoms with Crippen LogP contribution in [0.5, 0.6) is 0 Å². The van der Waals surface area contributed by atoms with E-state index >= 15 is 0 Å². The number of hydrogen-bond donors (Lipinski definition) is 1. The van der Waals surface area contributed by atoms with E-state index in [1.807, 2.05) is 13.1 Å². The van der Waals surface area contributed by atoms with Gasteiger partial charge in [-0.3, -0.25) is 0 Å². The molecule has 0 saturated heterocycles. The van der Waals surface area contributed by atoms with Gasteiger partial charge in [0.25, 0.3) is 0 Å². The largest absolute Gasteiger partial charge is 0.313 e. The molecule has 0 radical (unpaired) electrons. The Labute approximate surface area is 107 Å². The third kappa shape index (κ3) is 3.46. The van der Waals surface area contributed by atoms with Gasteiger partial charge in [-0.05, 0) is 50.4 Å². The van der Waals surface area contributed by atoms with Crippen molar-refractivity contribution < 1.29 is 0 Å². The SMILES string of the molecule is C=CCCCC(NC)c1cccc(Br)c1C. The average molecular weight is 282 g/mol. The summed E-state index contributed by atoms with van der Waals surface area (Å²) < 4.78 is 1.19. The van der Waals surface area contributed by atoms with Crippen molar-refractivity contribution in [3.63, 3.8) is 0 Å². The number of benzene rings is 1. The molecule has 1 aromatic carbocycles. The summed E-state index contributed by atoms with van der Waals surface area (Å²) in [4.78, 5) is 0. The van der Waals surface area contributed by atoms with Gasteiger partial charge in [0.2, 0.25) is 0 Å². The van der Waals surface area contributed by atoms with E-state index in [4.69, 9.17) is 0 Å². The van der Waals surface area contributed by atoms with Gasteiger partial charge < -0.3 is 5.32 Å². The van der Waals surface area contributed by atoms with Crippen LogP contribution >= 0.6 is 15.9 Å². The molecule has 88 valence electrons. The molecule has 1 N–H and O–H groups in total. The van der Waals surface area contributed by atoms with Crippen molar-refractivity contribution >= 4 is 15.9 Å². The molecular weight excluding hydrogens is 262 g/mol. The van der Waals surface area contributed by atoms with Crippen molar-refractivity contribution in [3.8, 4) is 0 Å². The van der Waals surface area contributed by atoms with Crippen molar-refractivity contribution in [1.29, 1.82) is 0 Å². The number of rotatable bonds is 6. The van der Waals surface area contributed by atoms with Crippen LogP contribution in [-0.4, -0.2) is 7.05 Å². The van der Waals surface area contributed by atoms with E-state index in [0.29, 0.717) is 6.04 Å². The van der Waals surface area contributed by atoms with Crippen LogP contribution in [0.2, 0.25) is 0 Å². The Balaban J connectivity index is 2.78. The van der Waals surface area contributed by atoms with E-state index in [0.717, 1.165) is 12.8 Å². The van der Waals surface area contributed by atoms with Gasteiger partial charge in [-0.1, -0.05) is 34.1 Å². The third-order valence-electron chi connectivity index (χ3n) is 2.93. The van der Waals surface area contributed by atoms with Crippen LogP contribution in [0, 0.1) is 6.92 Å². The van der Waals surface area contributed by atoms with Crippen LogP contribution in [0.25, 0.3) is 0 Å². The number of halogens is 1. The maximum Gasteiger partial charge on any atom is 0.0320 e. The standard InChI is InChI=1S/C14H20BrN/c1-4-5-6-10-14(16-3)12-8-7-9-13(15)11(12)2/h4,7-9,14,16H,1,5-6,10H2,2-3H3. The molecule has 0 aromatic heterocycles. The summed E-state index contributed by atoms with van der Waals surface area (Å²) >= 11 is 3.58. The van der Waals surface area contributed by atoms with Crippen LogP contribution in [-0.2, 0) is 0 Å². The molecule has 0 amide bonds. The molecule has 0 heterocycles. The highest BCUT2D eigenvalue weighted by molar-refractivity contribution is 9.10. The fraction of sp³-hybridized carbons (Fsp3) is 0.429. The van der Waals surface area contributed by atoms with Crippen LogP contribution in [0.4, 0.5) is 0 Å². The summed E-state index contributed by atoms with van der Waals surface area (Å²) in [5, 5.41) is 3.39. The minimum absolute atomic E-state index is 0.442. The molecule has 0 aliphatic heterocycles. The first kappa shape index (κ1) is 13.5. The number of nitrogens with one attached hydrogen (secondary N) is 1. The first-order chi connectivity index (χ1) is 7.70. The normalized spacial score (nSPS) is 12.4. The zero-order valence-electron chi connectivity index (χ0n) is 10.1. The smallest absolute Gasteiger partial charge is 0.0320 e. The molecular formula is C14H20BrN. The lowest BCUT2D eigenvalue weighted by Crippen LogP contribution is -2.17. The molecule has 1 aromatic rings. The third-order valence-corrected chi connectivity index (χ3v) is 3.79. The Morgan fingerprint density at radius 1 is 1.50 bits per heavy atom. The van der Waals surface area contributed by atoms with E-state index in [9.17, 15) is 0 Å². The van der Waals surface area contributed by atoms with E-state index < -0.39 is 0 Å². The second kappa shape index (κ2) is 6.87. The molecule has 0 bridgehead atoms. The van der Waals surface area contributed by atoms with Crippen molar-refractivity contribution in [2.24, 2.45) is 0 Å². The summed E-state index contributed by atoms with van der Waals surface area (Å²) in [6, 6.07) is 6.84. The summed E-state index contributed by atoms with van der Waals surface area (Å²) in [5.74, 6) is 0. The van der Waals surface area contributed by atoms with Crippen LogP contribution in [0.1, 0.15) is 36.4 Å². The summed E-state index contributed by atoms with van der Waals surface area (Å²) in [6.45, 7) is 5.92. The summed E-state index contributed by atoms with van der Waals surface area (Å²) in [7, 11) is 2.03. The predicted molar refractivity (Wildman–Crippen MR) is 74.7 cm³/mol. The molecule has 1 atom stereocenters. The number of hydrogen-bond acceptors (Lipinski definition) is 1. The van der Waals surface area contributed by atoms with Crippen molar-refractivity contribution in [2.75, 3.05) is 7.05 Å². The van der Waals surface area contributed by atoms with Crippen LogP contribution < -0.4 is 5.32 Å². The van der Waals surface area contributed by atoms with E-state index in [1.54, 1.807) is 0 Å². The van der Waals surface area contributed by atoms with Crippen LogP contribution in [0.15, 0.2) is 35.3 Å². The van der Waals surface area contributed by atoms with E-state index in [-0.39, 0.29) is 0 Å². The van der Waals surface area contributed by atoms with Gasteiger partial charge in [0.1, 0.15) is 0 Å². The second-order valence-corrected chi connectivity index (χ2v) is 4.87. The zero-order valence-corrected chi connectivity index (χ0v) is 11.7. The van der Waals surface area contributed by atoms with E-state index in [2.05, 4.69) is 52.9 Å². The Bertz CT molecular complexity index is 347. The fourth-order valence-electron chi connectivity index (χ4n) is 1.92. The van der Waals surface area contributed by atoms with Gasteiger partial charge in [0.15, 0.2) is 0 Å². The van der Waals surface area contributed by atoms with E-state index in [1.165, 1.54) is 22.0 Å².